The Hall–Kier alpha value is -2.56. The van der Waals surface area contributed by atoms with Crippen LogP contribution in [-0.2, 0) is 14.8 Å². The highest BCUT2D eigenvalue weighted by atomic mass is 32.2. The van der Waals surface area contributed by atoms with Crippen LogP contribution >= 0.6 is 0 Å². The number of carbonyl (C=O) groups is 1. The molecule has 0 saturated carbocycles. The average molecular weight is 411 g/mol. The minimum absolute atomic E-state index is 0.138. The van der Waals surface area contributed by atoms with Crippen molar-refractivity contribution in [2.24, 2.45) is 0 Å². The van der Waals surface area contributed by atoms with Gasteiger partial charge in [-0.1, -0.05) is 0 Å². The van der Waals surface area contributed by atoms with Crippen LogP contribution in [0.25, 0.3) is 0 Å². The Morgan fingerprint density at radius 2 is 2.00 bits per heavy atom. The van der Waals surface area contributed by atoms with E-state index in [2.05, 4.69) is 15.0 Å². The first-order valence-electron chi connectivity index (χ1n) is 8.44. The smallest absolute Gasteiger partial charge is 0.258 e. The fraction of sp³-hybridized carbons (Fsp3) is 0.333. The maximum atomic E-state index is 14.2. The minimum Gasteiger partial charge on any atom is -0.474 e. The van der Waals surface area contributed by atoms with Crippen LogP contribution in [-0.4, -0.2) is 45.7 Å². The van der Waals surface area contributed by atoms with Crippen molar-refractivity contribution in [2.75, 3.05) is 25.6 Å². The van der Waals surface area contributed by atoms with Crippen LogP contribution in [0.2, 0.25) is 0 Å². The van der Waals surface area contributed by atoms with Gasteiger partial charge >= 0.3 is 0 Å². The number of hydrogen-bond donors (Lipinski definition) is 2. The summed E-state index contributed by atoms with van der Waals surface area (Å²) in [4.78, 5) is 16.3. The van der Waals surface area contributed by atoms with Crippen LogP contribution in [0.3, 0.4) is 0 Å². The number of amides is 1. The zero-order valence-electron chi connectivity index (χ0n) is 15.7. The van der Waals surface area contributed by atoms with Crippen molar-refractivity contribution in [3.05, 3.63) is 47.9 Å². The highest BCUT2D eigenvalue weighted by Crippen LogP contribution is 2.23. The normalized spacial score (nSPS) is 11.5. The predicted octanol–water partition coefficient (Wildman–Crippen LogP) is 2.18. The summed E-state index contributed by atoms with van der Waals surface area (Å²) >= 11 is 0. The molecule has 0 atom stereocenters. The lowest BCUT2D eigenvalue weighted by molar-refractivity contribution is 0.102. The van der Waals surface area contributed by atoms with Gasteiger partial charge in [0, 0.05) is 19.3 Å². The summed E-state index contributed by atoms with van der Waals surface area (Å²) < 4.78 is 51.4. The van der Waals surface area contributed by atoms with E-state index < -0.39 is 27.3 Å². The Morgan fingerprint density at radius 1 is 1.25 bits per heavy atom. The van der Waals surface area contributed by atoms with E-state index >= 15 is 0 Å². The summed E-state index contributed by atoms with van der Waals surface area (Å²) in [6.45, 7) is 3.84. The van der Waals surface area contributed by atoms with Gasteiger partial charge in [-0.3, -0.25) is 4.79 Å². The van der Waals surface area contributed by atoms with Crippen LogP contribution < -0.4 is 14.8 Å². The Bertz CT molecular complexity index is 935. The zero-order chi connectivity index (χ0) is 20.7. The summed E-state index contributed by atoms with van der Waals surface area (Å²) in [6, 6.07) is 5.77. The Morgan fingerprint density at radius 3 is 2.68 bits per heavy atom. The number of methoxy groups -OCH3 is 1. The first-order valence-corrected chi connectivity index (χ1v) is 9.93. The van der Waals surface area contributed by atoms with E-state index in [0.717, 1.165) is 18.2 Å². The third-order valence-corrected chi connectivity index (χ3v) is 5.09. The standard InChI is InChI=1S/C18H22FN3O5S/c1-12(2)22-28(24,25)13-6-7-15(19)14(11-13)17(23)21-16-5-4-8-20-18(16)27-10-9-26-3/h4-8,11-12,22H,9-10H2,1-3H3,(H,21,23). The van der Waals surface area contributed by atoms with E-state index in [1.807, 2.05) is 0 Å². The number of ether oxygens (including phenoxy) is 2. The summed E-state index contributed by atoms with van der Waals surface area (Å²) in [5, 5.41) is 2.49. The molecular formula is C18H22FN3O5S. The van der Waals surface area contributed by atoms with Gasteiger partial charge in [0.1, 0.15) is 18.1 Å². The third kappa shape index (κ3) is 5.72. The van der Waals surface area contributed by atoms with E-state index in [-0.39, 0.29) is 29.1 Å². The molecular weight excluding hydrogens is 389 g/mol. The van der Waals surface area contributed by atoms with E-state index in [0.29, 0.717) is 6.61 Å². The van der Waals surface area contributed by atoms with Crippen molar-refractivity contribution in [1.82, 2.24) is 9.71 Å². The molecule has 10 heteroatoms. The molecule has 0 bridgehead atoms. The number of anilines is 1. The molecule has 2 rings (SSSR count). The Kier molecular flexibility index (Phi) is 7.44. The van der Waals surface area contributed by atoms with Crippen LogP contribution in [0.1, 0.15) is 24.2 Å². The second-order valence-corrected chi connectivity index (χ2v) is 7.78. The van der Waals surface area contributed by atoms with Gasteiger partial charge in [-0.25, -0.2) is 22.5 Å². The van der Waals surface area contributed by atoms with Crippen molar-refractivity contribution in [2.45, 2.75) is 24.8 Å². The number of pyridine rings is 1. The van der Waals surface area contributed by atoms with E-state index in [1.165, 1.54) is 19.4 Å². The first kappa shape index (κ1) is 21.7. The second-order valence-electron chi connectivity index (χ2n) is 6.07. The summed E-state index contributed by atoms with van der Waals surface area (Å²) in [5.41, 5.74) is -0.199. The molecule has 1 amide bonds. The number of aromatic nitrogens is 1. The largest absolute Gasteiger partial charge is 0.474 e. The van der Waals surface area contributed by atoms with E-state index in [9.17, 15) is 17.6 Å². The molecule has 0 aliphatic carbocycles. The monoisotopic (exact) mass is 411 g/mol. The quantitative estimate of drug-likeness (QED) is 0.613. The van der Waals surface area contributed by atoms with Gasteiger partial charge < -0.3 is 14.8 Å². The molecule has 0 saturated heterocycles. The van der Waals surface area contributed by atoms with Crippen molar-refractivity contribution in [3.63, 3.8) is 0 Å². The van der Waals surface area contributed by atoms with Crippen molar-refractivity contribution in [1.29, 1.82) is 0 Å². The molecule has 0 radical (unpaired) electrons. The molecule has 0 aliphatic rings. The molecule has 1 aromatic carbocycles. The lowest BCUT2D eigenvalue weighted by atomic mass is 10.2. The lowest BCUT2D eigenvalue weighted by Crippen LogP contribution is -2.30. The molecule has 0 aliphatic heterocycles. The topological polar surface area (TPSA) is 107 Å². The Labute approximate surface area is 163 Å². The summed E-state index contributed by atoms with van der Waals surface area (Å²) in [5.74, 6) is -1.55. The number of benzene rings is 1. The van der Waals surface area contributed by atoms with Crippen LogP contribution in [0.5, 0.6) is 5.88 Å². The molecule has 1 heterocycles. The van der Waals surface area contributed by atoms with E-state index in [4.69, 9.17) is 9.47 Å². The maximum absolute atomic E-state index is 14.2. The second kappa shape index (κ2) is 9.58. The number of nitrogens with one attached hydrogen (secondary N) is 2. The molecule has 2 aromatic rings. The molecule has 1 aromatic heterocycles. The van der Waals surface area contributed by atoms with Crippen LogP contribution in [0, 0.1) is 5.82 Å². The fourth-order valence-corrected chi connectivity index (χ4v) is 3.51. The van der Waals surface area contributed by atoms with Gasteiger partial charge in [0.25, 0.3) is 5.91 Å². The van der Waals surface area contributed by atoms with Gasteiger partial charge in [-0.05, 0) is 44.2 Å². The molecule has 8 nitrogen and oxygen atoms in total. The summed E-state index contributed by atoms with van der Waals surface area (Å²) in [7, 11) is -2.36. The molecule has 2 N–H and O–H groups in total. The number of nitrogens with zero attached hydrogens (tertiary/aromatic N) is 1. The minimum atomic E-state index is -3.88. The van der Waals surface area contributed by atoms with Crippen LogP contribution in [0.15, 0.2) is 41.4 Å². The van der Waals surface area contributed by atoms with Gasteiger partial charge in [-0.15, -0.1) is 0 Å². The number of halogens is 1. The number of carbonyl (C=O) groups excluding carboxylic acids is 1. The SMILES string of the molecule is COCCOc1ncccc1NC(=O)c1cc(S(=O)(=O)NC(C)C)ccc1F. The van der Waals surface area contributed by atoms with E-state index in [1.54, 1.807) is 19.9 Å². The fourth-order valence-electron chi connectivity index (χ4n) is 2.24. The van der Waals surface area contributed by atoms with Gasteiger partial charge in [0.2, 0.25) is 15.9 Å². The number of hydrogen-bond acceptors (Lipinski definition) is 6. The average Bonchev–Trinajstić information content (AvgIpc) is 2.62. The third-order valence-electron chi connectivity index (χ3n) is 3.43. The van der Waals surface area contributed by atoms with Gasteiger partial charge in [0.15, 0.2) is 0 Å². The zero-order valence-corrected chi connectivity index (χ0v) is 16.5. The van der Waals surface area contributed by atoms with Gasteiger partial charge in [-0.2, -0.15) is 0 Å². The number of rotatable bonds is 9. The Balaban J connectivity index is 2.27. The number of sulfonamides is 1. The molecule has 0 spiro atoms. The molecule has 0 unspecified atom stereocenters. The maximum Gasteiger partial charge on any atom is 0.258 e. The first-order chi connectivity index (χ1) is 13.2. The summed E-state index contributed by atoms with van der Waals surface area (Å²) in [6.07, 6.45) is 1.48. The molecule has 152 valence electrons. The van der Waals surface area contributed by atoms with Crippen LogP contribution in [0.4, 0.5) is 10.1 Å². The lowest BCUT2D eigenvalue weighted by Gasteiger charge is -2.13. The van der Waals surface area contributed by atoms with Gasteiger partial charge in [0.05, 0.1) is 17.1 Å². The highest BCUT2D eigenvalue weighted by molar-refractivity contribution is 7.89. The van der Waals surface area contributed by atoms with Crippen molar-refractivity contribution >= 4 is 21.6 Å². The molecule has 28 heavy (non-hydrogen) atoms. The predicted molar refractivity (Wildman–Crippen MR) is 101 cm³/mol. The van der Waals surface area contributed by atoms with Crippen molar-refractivity contribution in [3.8, 4) is 5.88 Å². The van der Waals surface area contributed by atoms with Crippen molar-refractivity contribution < 1.29 is 27.1 Å². The molecule has 0 fully saturated rings. The highest BCUT2D eigenvalue weighted by Gasteiger charge is 2.21.